The minimum Gasteiger partial charge on any atom is -0.465 e. The van der Waals surface area contributed by atoms with Gasteiger partial charge in [0.25, 0.3) is 0 Å². The molecule has 1 aromatic carbocycles. The van der Waals surface area contributed by atoms with Gasteiger partial charge in [-0.15, -0.1) is 0 Å². The summed E-state index contributed by atoms with van der Waals surface area (Å²) in [4.78, 5) is 11.0. The van der Waals surface area contributed by atoms with Crippen molar-refractivity contribution in [3.05, 3.63) is 35.4 Å². The van der Waals surface area contributed by atoms with Crippen molar-refractivity contribution < 1.29 is 14.7 Å². The summed E-state index contributed by atoms with van der Waals surface area (Å²) < 4.78 is 4.51. The lowest BCUT2D eigenvalue weighted by Crippen LogP contribution is -2.01. The number of ether oxygens (including phenoxy) is 1. The molecule has 1 aromatic rings. The van der Waals surface area contributed by atoms with Crippen molar-refractivity contribution in [3.63, 3.8) is 0 Å². The summed E-state index contributed by atoms with van der Waals surface area (Å²) in [5, 5.41) is 11.2. The number of carbonyl (C=O) groups excluding carboxylic acids is 1. The Labute approximate surface area is 85.7 Å². The molecule has 0 radical (unpaired) electrons. The van der Waals surface area contributed by atoms with E-state index in [1.54, 1.807) is 12.1 Å². The van der Waals surface area contributed by atoms with E-state index < -0.39 is 5.97 Å². The van der Waals surface area contributed by atoms with E-state index in [1.807, 2.05) is 0 Å². The molecule has 14 heavy (non-hydrogen) atoms. The number of hydrogen-bond acceptors (Lipinski definition) is 4. The molecule has 0 aliphatic carbocycles. The Balaban J connectivity index is 2.95. The standard InChI is InChI=1S/C9H8ClNO3/c1-14-9(12)7-4-2-6(3-5-7)8(10)11-13/h2-5,13H,1H3. The van der Waals surface area contributed by atoms with Crippen molar-refractivity contribution in [1.82, 2.24) is 0 Å². The molecule has 0 saturated heterocycles. The molecule has 0 aromatic heterocycles. The van der Waals surface area contributed by atoms with Gasteiger partial charge in [-0.25, -0.2) is 4.79 Å². The van der Waals surface area contributed by atoms with E-state index in [2.05, 4.69) is 9.89 Å². The van der Waals surface area contributed by atoms with Gasteiger partial charge < -0.3 is 9.94 Å². The SMILES string of the molecule is COC(=O)c1ccc(C(Cl)=NO)cc1. The van der Waals surface area contributed by atoms with Gasteiger partial charge in [-0.2, -0.15) is 0 Å². The first-order chi connectivity index (χ1) is 6.69. The fraction of sp³-hybridized carbons (Fsp3) is 0.111. The van der Waals surface area contributed by atoms with Gasteiger partial charge in [0.15, 0.2) is 5.17 Å². The van der Waals surface area contributed by atoms with E-state index in [4.69, 9.17) is 16.8 Å². The predicted octanol–water partition coefficient (Wildman–Crippen LogP) is 1.85. The second-order valence-corrected chi connectivity index (χ2v) is 2.82. The van der Waals surface area contributed by atoms with Crippen molar-refractivity contribution in [2.24, 2.45) is 5.16 Å². The Kier molecular flexibility index (Phi) is 3.48. The Morgan fingerprint density at radius 2 is 1.86 bits per heavy atom. The van der Waals surface area contributed by atoms with Gasteiger partial charge in [0, 0.05) is 5.56 Å². The molecule has 5 heteroatoms. The number of rotatable bonds is 2. The van der Waals surface area contributed by atoms with Crippen molar-refractivity contribution in [3.8, 4) is 0 Å². The summed E-state index contributed by atoms with van der Waals surface area (Å²) in [5.74, 6) is -0.423. The van der Waals surface area contributed by atoms with Crippen molar-refractivity contribution in [1.29, 1.82) is 0 Å². The average Bonchev–Trinajstić information content (AvgIpc) is 2.27. The second-order valence-electron chi connectivity index (χ2n) is 2.46. The van der Waals surface area contributed by atoms with Crippen LogP contribution >= 0.6 is 11.6 Å². The summed E-state index contributed by atoms with van der Waals surface area (Å²) in [6.07, 6.45) is 0. The summed E-state index contributed by atoms with van der Waals surface area (Å²) in [6, 6.07) is 6.20. The number of halogens is 1. The largest absolute Gasteiger partial charge is 0.465 e. The van der Waals surface area contributed by atoms with Crippen molar-refractivity contribution >= 4 is 22.7 Å². The third-order valence-electron chi connectivity index (χ3n) is 1.63. The van der Waals surface area contributed by atoms with Crippen LogP contribution < -0.4 is 0 Å². The van der Waals surface area contributed by atoms with Crippen molar-refractivity contribution in [2.45, 2.75) is 0 Å². The van der Waals surface area contributed by atoms with Crippen LogP contribution in [0.1, 0.15) is 15.9 Å². The van der Waals surface area contributed by atoms with Crippen LogP contribution in [0.5, 0.6) is 0 Å². The third kappa shape index (κ3) is 2.23. The number of methoxy groups -OCH3 is 1. The fourth-order valence-electron chi connectivity index (χ4n) is 0.919. The Morgan fingerprint density at radius 3 is 2.29 bits per heavy atom. The topological polar surface area (TPSA) is 58.9 Å². The first kappa shape index (κ1) is 10.5. The Morgan fingerprint density at radius 1 is 1.36 bits per heavy atom. The van der Waals surface area contributed by atoms with Crippen LogP contribution in [-0.2, 0) is 4.74 Å². The highest BCUT2D eigenvalue weighted by Gasteiger charge is 2.05. The van der Waals surface area contributed by atoms with E-state index >= 15 is 0 Å². The normalized spacial score (nSPS) is 11.1. The molecule has 4 nitrogen and oxygen atoms in total. The quantitative estimate of drug-likeness (QED) is 0.353. The Hall–Kier alpha value is -1.55. The molecule has 0 aliphatic rings. The zero-order valence-corrected chi connectivity index (χ0v) is 8.15. The van der Waals surface area contributed by atoms with E-state index in [9.17, 15) is 4.79 Å². The average molecular weight is 214 g/mol. The molecule has 0 heterocycles. The fourth-order valence-corrected chi connectivity index (χ4v) is 1.05. The smallest absolute Gasteiger partial charge is 0.337 e. The first-order valence-corrected chi connectivity index (χ1v) is 4.13. The number of esters is 1. The van der Waals surface area contributed by atoms with E-state index in [0.717, 1.165) is 0 Å². The minimum atomic E-state index is -0.423. The van der Waals surface area contributed by atoms with Gasteiger partial charge in [-0.1, -0.05) is 28.9 Å². The van der Waals surface area contributed by atoms with E-state index in [-0.39, 0.29) is 5.17 Å². The molecule has 0 atom stereocenters. The van der Waals surface area contributed by atoms with Crippen molar-refractivity contribution in [2.75, 3.05) is 7.11 Å². The minimum absolute atomic E-state index is 0.0265. The zero-order chi connectivity index (χ0) is 10.6. The lowest BCUT2D eigenvalue weighted by Gasteiger charge is -1.99. The molecule has 0 spiro atoms. The number of nitrogens with zero attached hydrogens (tertiary/aromatic N) is 1. The molecule has 74 valence electrons. The predicted molar refractivity (Wildman–Crippen MR) is 52.0 cm³/mol. The van der Waals surface area contributed by atoms with Crippen LogP contribution in [-0.4, -0.2) is 23.5 Å². The lowest BCUT2D eigenvalue weighted by molar-refractivity contribution is 0.0601. The van der Waals surface area contributed by atoms with Crippen LogP contribution in [0.25, 0.3) is 0 Å². The Bertz CT molecular complexity index is 359. The van der Waals surface area contributed by atoms with Crippen LogP contribution in [0.2, 0.25) is 0 Å². The number of hydrogen-bond donors (Lipinski definition) is 1. The molecule has 1 N–H and O–H groups in total. The monoisotopic (exact) mass is 213 g/mol. The summed E-state index contributed by atoms with van der Waals surface area (Å²) in [7, 11) is 1.30. The molecule has 0 unspecified atom stereocenters. The van der Waals surface area contributed by atoms with Crippen LogP contribution in [0.15, 0.2) is 29.4 Å². The van der Waals surface area contributed by atoms with Crippen LogP contribution in [0.4, 0.5) is 0 Å². The van der Waals surface area contributed by atoms with Gasteiger partial charge in [-0.05, 0) is 12.1 Å². The summed E-state index contributed by atoms with van der Waals surface area (Å²) in [5.41, 5.74) is 0.945. The summed E-state index contributed by atoms with van der Waals surface area (Å²) in [6.45, 7) is 0. The van der Waals surface area contributed by atoms with E-state index in [1.165, 1.54) is 19.2 Å². The molecule has 1 rings (SSSR count). The molecular weight excluding hydrogens is 206 g/mol. The lowest BCUT2D eigenvalue weighted by atomic mass is 10.1. The number of benzene rings is 1. The number of carbonyl (C=O) groups is 1. The maximum absolute atomic E-state index is 11.0. The molecule has 0 bridgehead atoms. The van der Waals surface area contributed by atoms with Gasteiger partial charge >= 0.3 is 5.97 Å². The number of oxime groups is 1. The maximum Gasteiger partial charge on any atom is 0.337 e. The summed E-state index contributed by atoms with van der Waals surface area (Å²) >= 11 is 5.54. The zero-order valence-electron chi connectivity index (χ0n) is 7.40. The first-order valence-electron chi connectivity index (χ1n) is 3.75. The van der Waals surface area contributed by atoms with Crippen LogP contribution in [0, 0.1) is 0 Å². The molecule has 0 fully saturated rings. The van der Waals surface area contributed by atoms with Gasteiger partial charge in [-0.3, -0.25) is 0 Å². The van der Waals surface area contributed by atoms with Gasteiger partial charge in [0.1, 0.15) is 0 Å². The molecule has 0 aliphatic heterocycles. The highest BCUT2D eigenvalue weighted by molar-refractivity contribution is 6.69. The van der Waals surface area contributed by atoms with Gasteiger partial charge in [0.2, 0.25) is 0 Å². The highest BCUT2D eigenvalue weighted by atomic mass is 35.5. The third-order valence-corrected chi connectivity index (χ3v) is 1.93. The molecular formula is C9H8ClNO3. The molecule has 0 saturated carbocycles. The molecule has 0 amide bonds. The highest BCUT2D eigenvalue weighted by Crippen LogP contribution is 2.08. The second kappa shape index (κ2) is 4.62. The van der Waals surface area contributed by atoms with Crippen LogP contribution in [0.3, 0.4) is 0 Å². The maximum atomic E-state index is 11.0. The van der Waals surface area contributed by atoms with E-state index in [0.29, 0.717) is 11.1 Å². The van der Waals surface area contributed by atoms with Gasteiger partial charge in [0.05, 0.1) is 12.7 Å².